The lowest BCUT2D eigenvalue weighted by atomic mass is 10.1. The summed E-state index contributed by atoms with van der Waals surface area (Å²) in [5.74, 6) is 1.94. The van der Waals surface area contributed by atoms with E-state index < -0.39 is 6.04 Å². The molecule has 2 unspecified atom stereocenters. The maximum absolute atomic E-state index is 11.9. The molecule has 0 aliphatic carbocycles. The predicted octanol–water partition coefficient (Wildman–Crippen LogP) is 2.59. The molecular weight excluding hydrogens is 310 g/mol. The zero-order valence-electron chi connectivity index (χ0n) is 14.5. The van der Waals surface area contributed by atoms with E-state index in [1.54, 1.807) is 18.0 Å². The van der Waals surface area contributed by atoms with Gasteiger partial charge in [-0.3, -0.25) is 4.79 Å². The number of ether oxygens (including phenoxy) is 1. The van der Waals surface area contributed by atoms with Gasteiger partial charge in [0.2, 0.25) is 11.8 Å². The van der Waals surface area contributed by atoms with Crippen molar-refractivity contribution in [2.24, 2.45) is 11.7 Å². The number of carbonyl (C=O) groups excluding carboxylic acids is 1. The maximum Gasteiger partial charge on any atom is 0.237 e. The highest BCUT2D eigenvalue weighted by molar-refractivity contribution is 7.98. The van der Waals surface area contributed by atoms with Gasteiger partial charge in [0.15, 0.2) is 0 Å². The Balaban J connectivity index is 2.49. The second-order valence-electron chi connectivity index (χ2n) is 6.17. The molecule has 0 saturated heterocycles. The van der Waals surface area contributed by atoms with Crippen LogP contribution in [0.5, 0.6) is 5.88 Å². The van der Waals surface area contributed by atoms with Gasteiger partial charge in [-0.15, -0.1) is 0 Å². The zero-order valence-corrected chi connectivity index (χ0v) is 15.4. The average molecular weight is 340 g/mol. The second-order valence-corrected chi connectivity index (χ2v) is 7.15. The van der Waals surface area contributed by atoms with E-state index in [9.17, 15) is 4.79 Å². The number of pyridine rings is 1. The Morgan fingerprint density at radius 2 is 2.17 bits per heavy atom. The van der Waals surface area contributed by atoms with E-state index >= 15 is 0 Å². The molecule has 3 N–H and O–H groups in total. The van der Waals surface area contributed by atoms with Gasteiger partial charge in [-0.2, -0.15) is 11.8 Å². The molecule has 1 heterocycles. The Morgan fingerprint density at radius 1 is 1.43 bits per heavy atom. The predicted molar refractivity (Wildman–Crippen MR) is 96.6 cm³/mol. The van der Waals surface area contributed by atoms with Crippen LogP contribution in [0.15, 0.2) is 18.3 Å². The molecule has 0 aliphatic heterocycles. The lowest BCUT2D eigenvalue weighted by molar-refractivity contribution is -0.122. The van der Waals surface area contributed by atoms with Crippen molar-refractivity contribution in [3.63, 3.8) is 0 Å². The fraction of sp³-hybridized carbons (Fsp3) is 0.647. The van der Waals surface area contributed by atoms with E-state index in [1.165, 1.54) is 0 Å². The maximum atomic E-state index is 11.9. The summed E-state index contributed by atoms with van der Waals surface area (Å²) in [6.07, 6.45) is 5.49. The van der Waals surface area contributed by atoms with Gasteiger partial charge in [0, 0.05) is 18.8 Å². The fourth-order valence-electron chi connectivity index (χ4n) is 2.24. The largest absolute Gasteiger partial charge is 0.475 e. The number of aromatic nitrogens is 1. The number of nitrogens with two attached hydrogens (primary N) is 1. The first kappa shape index (κ1) is 19.8. The van der Waals surface area contributed by atoms with Crippen molar-refractivity contribution in [3.05, 3.63) is 23.9 Å². The van der Waals surface area contributed by atoms with Crippen molar-refractivity contribution in [2.75, 3.05) is 12.0 Å². The average Bonchev–Trinajstić information content (AvgIpc) is 2.49. The summed E-state index contributed by atoms with van der Waals surface area (Å²) < 4.78 is 5.82. The van der Waals surface area contributed by atoms with Crippen LogP contribution in [0, 0.1) is 5.92 Å². The number of carbonyl (C=O) groups is 1. The second kappa shape index (κ2) is 10.5. The lowest BCUT2D eigenvalue weighted by Crippen LogP contribution is -2.40. The third-order valence-electron chi connectivity index (χ3n) is 3.36. The minimum absolute atomic E-state index is 0.118. The van der Waals surface area contributed by atoms with Crippen molar-refractivity contribution < 1.29 is 9.53 Å². The number of nitrogens with zero attached hydrogens (tertiary/aromatic N) is 1. The molecule has 130 valence electrons. The summed E-state index contributed by atoms with van der Waals surface area (Å²) in [5, 5.41) is 2.86. The molecule has 1 amide bonds. The monoisotopic (exact) mass is 339 g/mol. The van der Waals surface area contributed by atoms with Crippen LogP contribution < -0.4 is 15.8 Å². The summed E-state index contributed by atoms with van der Waals surface area (Å²) in [4.78, 5) is 16.1. The summed E-state index contributed by atoms with van der Waals surface area (Å²) in [6, 6.07) is 3.28. The molecule has 0 bridgehead atoms. The number of hydrogen-bond donors (Lipinski definition) is 2. The standard InChI is InChI=1S/C17H29N3O2S/c1-12(2)9-13(3)22-16-10-14(5-7-19-16)11-20-17(21)15(18)6-8-23-4/h5,7,10,12-13,15H,6,8-9,11,18H2,1-4H3,(H,20,21). The van der Waals surface area contributed by atoms with Crippen LogP contribution in [0.25, 0.3) is 0 Å². The number of hydrogen-bond acceptors (Lipinski definition) is 5. The summed E-state index contributed by atoms with van der Waals surface area (Å²) in [5.41, 5.74) is 6.80. The Bertz CT molecular complexity index is 483. The normalized spacial score (nSPS) is 13.7. The summed E-state index contributed by atoms with van der Waals surface area (Å²) >= 11 is 1.69. The van der Waals surface area contributed by atoms with E-state index in [0.29, 0.717) is 24.8 Å². The van der Waals surface area contributed by atoms with Crippen molar-refractivity contribution in [1.82, 2.24) is 10.3 Å². The van der Waals surface area contributed by atoms with Crippen LogP contribution in [0.3, 0.4) is 0 Å². The Kier molecular flexibility index (Phi) is 9.02. The Morgan fingerprint density at radius 3 is 2.83 bits per heavy atom. The van der Waals surface area contributed by atoms with E-state index in [1.807, 2.05) is 25.3 Å². The SMILES string of the molecule is CSCCC(N)C(=O)NCc1ccnc(OC(C)CC(C)C)c1. The third kappa shape index (κ3) is 8.23. The third-order valence-corrected chi connectivity index (χ3v) is 4.00. The molecule has 1 rings (SSSR count). The molecule has 1 aromatic heterocycles. The molecule has 5 nitrogen and oxygen atoms in total. The van der Waals surface area contributed by atoms with Crippen LogP contribution in [-0.2, 0) is 11.3 Å². The topological polar surface area (TPSA) is 77.2 Å². The highest BCUT2D eigenvalue weighted by Crippen LogP contribution is 2.15. The smallest absolute Gasteiger partial charge is 0.237 e. The first-order valence-corrected chi connectivity index (χ1v) is 9.45. The van der Waals surface area contributed by atoms with Crippen LogP contribution in [-0.4, -0.2) is 35.0 Å². The van der Waals surface area contributed by atoms with Crippen molar-refractivity contribution in [3.8, 4) is 5.88 Å². The summed E-state index contributed by atoms with van der Waals surface area (Å²) in [7, 11) is 0. The highest BCUT2D eigenvalue weighted by atomic mass is 32.2. The fourth-order valence-corrected chi connectivity index (χ4v) is 2.73. The molecule has 0 radical (unpaired) electrons. The van der Waals surface area contributed by atoms with Gasteiger partial charge in [-0.05, 0) is 49.3 Å². The van der Waals surface area contributed by atoms with Crippen molar-refractivity contribution >= 4 is 17.7 Å². The molecule has 2 atom stereocenters. The zero-order chi connectivity index (χ0) is 17.2. The van der Waals surface area contributed by atoms with E-state index in [4.69, 9.17) is 10.5 Å². The molecule has 0 spiro atoms. The van der Waals surface area contributed by atoms with E-state index in [0.717, 1.165) is 17.7 Å². The van der Waals surface area contributed by atoms with Gasteiger partial charge in [0.05, 0.1) is 12.1 Å². The molecule has 1 aromatic rings. The van der Waals surface area contributed by atoms with E-state index in [2.05, 4.69) is 24.1 Å². The molecule has 0 fully saturated rings. The minimum Gasteiger partial charge on any atom is -0.475 e. The first-order valence-electron chi connectivity index (χ1n) is 8.06. The minimum atomic E-state index is -0.453. The van der Waals surface area contributed by atoms with E-state index in [-0.39, 0.29) is 12.0 Å². The molecule has 0 aliphatic rings. The highest BCUT2D eigenvalue weighted by Gasteiger charge is 2.13. The Hall–Kier alpha value is -1.27. The van der Waals surface area contributed by atoms with Gasteiger partial charge in [0.25, 0.3) is 0 Å². The first-order chi connectivity index (χ1) is 10.9. The molecule has 0 saturated carbocycles. The van der Waals surface area contributed by atoms with Gasteiger partial charge < -0.3 is 15.8 Å². The van der Waals surface area contributed by atoms with Crippen LogP contribution in [0.4, 0.5) is 0 Å². The van der Waals surface area contributed by atoms with Gasteiger partial charge in [0.1, 0.15) is 0 Å². The van der Waals surface area contributed by atoms with Crippen LogP contribution in [0.2, 0.25) is 0 Å². The Labute approximate surface area is 143 Å². The van der Waals surface area contributed by atoms with Gasteiger partial charge in [-0.25, -0.2) is 4.98 Å². The number of nitrogens with one attached hydrogen (secondary N) is 1. The van der Waals surface area contributed by atoms with Crippen molar-refractivity contribution in [2.45, 2.75) is 52.3 Å². The molecule has 23 heavy (non-hydrogen) atoms. The molecule has 0 aromatic carbocycles. The van der Waals surface area contributed by atoms with Gasteiger partial charge in [-0.1, -0.05) is 13.8 Å². The molecular formula is C17H29N3O2S. The number of thioether (sulfide) groups is 1. The van der Waals surface area contributed by atoms with Crippen LogP contribution in [0.1, 0.15) is 39.2 Å². The van der Waals surface area contributed by atoms with Gasteiger partial charge >= 0.3 is 0 Å². The van der Waals surface area contributed by atoms with Crippen LogP contribution >= 0.6 is 11.8 Å². The number of rotatable bonds is 10. The number of amides is 1. The summed E-state index contributed by atoms with van der Waals surface area (Å²) in [6.45, 7) is 6.81. The quantitative estimate of drug-likeness (QED) is 0.685. The molecule has 6 heteroatoms. The lowest BCUT2D eigenvalue weighted by Gasteiger charge is -2.16. The van der Waals surface area contributed by atoms with Crippen molar-refractivity contribution in [1.29, 1.82) is 0 Å².